The van der Waals surface area contributed by atoms with E-state index in [0.717, 1.165) is 4.31 Å². The maximum Gasteiger partial charge on any atom is 0.410 e. The molecule has 11 nitrogen and oxygen atoms in total. The summed E-state index contributed by atoms with van der Waals surface area (Å²) in [6, 6.07) is 3.30. The SMILES string of the molecule is CN(C)S(=O)(=O)c1cn(-c2nccs2)c2nc(N3CCN(C(=O)OC(C)(C)C)CC3)ccc2c1=O. The summed E-state index contributed by atoms with van der Waals surface area (Å²) >= 11 is 1.30. The summed E-state index contributed by atoms with van der Waals surface area (Å²) in [5.41, 5.74) is -0.864. The van der Waals surface area contributed by atoms with Crippen molar-refractivity contribution in [1.82, 2.24) is 23.7 Å². The summed E-state index contributed by atoms with van der Waals surface area (Å²) in [7, 11) is -1.22. The minimum atomic E-state index is -3.98. The highest BCUT2D eigenvalue weighted by Gasteiger charge is 2.28. The fourth-order valence-corrected chi connectivity index (χ4v) is 5.25. The van der Waals surface area contributed by atoms with Crippen molar-refractivity contribution in [2.75, 3.05) is 45.2 Å². The zero-order chi connectivity index (χ0) is 25.5. The molecule has 0 atom stereocenters. The van der Waals surface area contributed by atoms with Gasteiger partial charge in [0.05, 0.1) is 5.39 Å². The Morgan fingerprint density at radius 3 is 2.40 bits per heavy atom. The Bertz CT molecular complexity index is 1400. The first-order valence-electron chi connectivity index (χ1n) is 11.0. The molecule has 35 heavy (non-hydrogen) atoms. The van der Waals surface area contributed by atoms with Crippen LogP contribution in [0.2, 0.25) is 0 Å². The van der Waals surface area contributed by atoms with Gasteiger partial charge in [-0.1, -0.05) is 0 Å². The highest BCUT2D eigenvalue weighted by molar-refractivity contribution is 7.89. The number of fused-ring (bicyclic) bond motifs is 1. The van der Waals surface area contributed by atoms with Crippen LogP contribution in [-0.4, -0.2) is 84.1 Å². The van der Waals surface area contributed by atoms with E-state index in [1.807, 2.05) is 25.7 Å². The van der Waals surface area contributed by atoms with Crippen molar-refractivity contribution in [1.29, 1.82) is 0 Å². The van der Waals surface area contributed by atoms with Crippen LogP contribution in [0.3, 0.4) is 0 Å². The molecule has 1 saturated heterocycles. The molecule has 0 spiro atoms. The molecule has 3 aromatic heterocycles. The Morgan fingerprint density at radius 1 is 1.14 bits per heavy atom. The van der Waals surface area contributed by atoms with Crippen LogP contribution in [0.1, 0.15) is 20.8 Å². The number of hydrogen-bond acceptors (Lipinski definition) is 9. The fraction of sp³-hybridized carbons (Fsp3) is 0.455. The van der Waals surface area contributed by atoms with Crippen molar-refractivity contribution >= 4 is 44.3 Å². The summed E-state index contributed by atoms with van der Waals surface area (Å²) in [6.45, 7) is 7.49. The van der Waals surface area contributed by atoms with E-state index in [1.54, 1.807) is 28.6 Å². The summed E-state index contributed by atoms with van der Waals surface area (Å²) in [4.78, 5) is 37.9. The third-order valence-corrected chi connectivity index (χ3v) is 8.02. The molecule has 3 aromatic rings. The molecule has 4 rings (SSSR count). The number of pyridine rings is 2. The van der Waals surface area contributed by atoms with Crippen molar-refractivity contribution in [3.63, 3.8) is 0 Å². The molecule has 1 aliphatic rings. The summed E-state index contributed by atoms with van der Waals surface area (Å²) < 4.78 is 33.7. The molecule has 1 aliphatic heterocycles. The maximum absolute atomic E-state index is 13.2. The van der Waals surface area contributed by atoms with Crippen LogP contribution in [0.4, 0.5) is 10.6 Å². The summed E-state index contributed by atoms with van der Waals surface area (Å²) in [5.74, 6) is 0.620. The standard InChI is InChI=1S/C22H28N6O5S2/c1-22(2,3)33-21(30)27-11-9-26(10-12-27)17-7-6-15-18(29)16(35(31,32)25(4)5)14-28(19(15)24-17)20-23-8-13-34-20/h6-8,13-14H,9-12H2,1-5H3. The monoisotopic (exact) mass is 520 g/mol. The quantitative estimate of drug-likeness (QED) is 0.514. The predicted molar refractivity (Wildman–Crippen MR) is 134 cm³/mol. The highest BCUT2D eigenvalue weighted by atomic mass is 32.2. The van der Waals surface area contributed by atoms with E-state index in [4.69, 9.17) is 9.72 Å². The number of hydrogen-bond donors (Lipinski definition) is 0. The zero-order valence-corrected chi connectivity index (χ0v) is 21.9. The number of carbonyl (C=O) groups excluding carboxylic acids is 1. The molecule has 1 amide bonds. The normalized spacial score (nSPS) is 15.1. The van der Waals surface area contributed by atoms with E-state index < -0.39 is 21.1 Å². The third-order valence-electron chi connectivity index (χ3n) is 5.44. The van der Waals surface area contributed by atoms with E-state index in [0.29, 0.717) is 42.8 Å². The number of piperazine rings is 1. The van der Waals surface area contributed by atoms with Crippen LogP contribution in [0.5, 0.6) is 0 Å². The van der Waals surface area contributed by atoms with E-state index in [-0.39, 0.29) is 16.4 Å². The number of anilines is 1. The number of ether oxygens (including phenoxy) is 1. The number of nitrogens with zero attached hydrogens (tertiary/aromatic N) is 6. The molecular weight excluding hydrogens is 492 g/mol. The van der Waals surface area contributed by atoms with Crippen molar-refractivity contribution in [2.45, 2.75) is 31.3 Å². The third kappa shape index (κ3) is 5.02. The van der Waals surface area contributed by atoms with Crippen LogP contribution in [0.25, 0.3) is 16.2 Å². The van der Waals surface area contributed by atoms with Crippen LogP contribution in [0.15, 0.2) is 39.6 Å². The Labute approximate surface area is 207 Å². The molecule has 0 N–H and O–H groups in total. The second-order valence-electron chi connectivity index (χ2n) is 9.29. The van der Waals surface area contributed by atoms with Gasteiger partial charge in [-0.05, 0) is 32.9 Å². The lowest BCUT2D eigenvalue weighted by molar-refractivity contribution is 0.0240. The van der Waals surface area contributed by atoms with Crippen LogP contribution < -0.4 is 10.3 Å². The molecular formula is C22H28N6O5S2. The average Bonchev–Trinajstić information content (AvgIpc) is 3.32. The molecule has 0 aliphatic carbocycles. The van der Waals surface area contributed by atoms with Crippen molar-refractivity contribution in [2.24, 2.45) is 0 Å². The van der Waals surface area contributed by atoms with Gasteiger partial charge in [-0.15, -0.1) is 11.3 Å². The number of carbonyl (C=O) groups is 1. The van der Waals surface area contributed by atoms with E-state index in [1.165, 1.54) is 36.2 Å². The Balaban J connectivity index is 1.71. The maximum atomic E-state index is 13.2. The average molecular weight is 521 g/mol. The molecule has 0 radical (unpaired) electrons. The van der Waals surface area contributed by atoms with Gasteiger partial charge in [-0.25, -0.2) is 27.5 Å². The van der Waals surface area contributed by atoms with Gasteiger partial charge < -0.3 is 14.5 Å². The number of amides is 1. The van der Waals surface area contributed by atoms with Crippen LogP contribution >= 0.6 is 11.3 Å². The number of rotatable bonds is 4. The molecule has 188 valence electrons. The fourth-order valence-electron chi connectivity index (χ4n) is 3.65. The number of thiazole rings is 1. The minimum absolute atomic E-state index is 0.180. The Hall–Kier alpha value is -3.03. The molecule has 0 bridgehead atoms. The second kappa shape index (κ2) is 9.21. The topological polar surface area (TPSA) is 118 Å². The van der Waals surface area contributed by atoms with E-state index in [2.05, 4.69) is 4.98 Å². The molecule has 4 heterocycles. The Morgan fingerprint density at radius 2 is 1.83 bits per heavy atom. The number of aromatic nitrogens is 3. The van der Waals surface area contributed by atoms with Gasteiger partial charge in [-0.3, -0.25) is 9.36 Å². The van der Waals surface area contributed by atoms with Crippen molar-refractivity contribution in [3.05, 3.63) is 40.1 Å². The van der Waals surface area contributed by atoms with Gasteiger partial charge in [0.1, 0.15) is 16.3 Å². The van der Waals surface area contributed by atoms with Gasteiger partial charge in [0.25, 0.3) is 0 Å². The van der Waals surface area contributed by atoms with Crippen LogP contribution in [-0.2, 0) is 14.8 Å². The second-order valence-corrected chi connectivity index (χ2v) is 12.3. The van der Waals surface area contributed by atoms with E-state index >= 15 is 0 Å². The molecule has 1 fully saturated rings. The molecule has 0 aromatic carbocycles. The zero-order valence-electron chi connectivity index (χ0n) is 20.3. The largest absolute Gasteiger partial charge is 0.444 e. The minimum Gasteiger partial charge on any atom is -0.444 e. The van der Waals surface area contributed by atoms with Gasteiger partial charge in [0.2, 0.25) is 15.5 Å². The molecule has 0 saturated carbocycles. The lowest BCUT2D eigenvalue weighted by Crippen LogP contribution is -2.50. The lowest BCUT2D eigenvalue weighted by atomic mass is 10.2. The summed E-state index contributed by atoms with van der Waals surface area (Å²) in [5, 5.41) is 2.43. The lowest BCUT2D eigenvalue weighted by Gasteiger charge is -2.36. The van der Waals surface area contributed by atoms with Gasteiger partial charge >= 0.3 is 6.09 Å². The first-order chi connectivity index (χ1) is 16.4. The summed E-state index contributed by atoms with van der Waals surface area (Å²) in [6.07, 6.45) is 2.54. The predicted octanol–water partition coefficient (Wildman–Crippen LogP) is 2.15. The molecule has 0 unspecified atom stereocenters. The first kappa shape index (κ1) is 25.1. The van der Waals surface area contributed by atoms with E-state index in [9.17, 15) is 18.0 Å². The highest BCUT2D eigenvalue weighted by Crippen LogP contribution is 2.24. The van der Waals surface area contributed by atoms with Crippen LogP contribution in [0, 0.1) is 0 Å². The Kier molecular flexibility index (Phi) is 6.60. The molecule has 13 heteroatoms. The van der Waals surface area contributed by atoms with Crippen molar-refractivity contribution in [3.8, 4) is 5.13 Å². The van der Waals surface area contributed by atoms with Gasteiger partial charge in [0.15, 0.2) is 10.8 Å². The number of sulfonamides is 1. The smallest absolute Gasteiger partial charge is 0.410 e. The van der Waals surface area contributed by atoms with Gasteiger partial charge in [-0.2, -0.15) is 0 Å². The first-order valence-corrected chi connectivity index (χ1v) is 13.3. The van der Waals surface area contributed by atoms with Crippen molar-refractivity contribution < 1.29 is 17.9 Å². The van der Waals surface area contributed by atoms with Gasteiger partial charge in [0, 0.05) is 58.0 Å².